The van der Waals surface area contributed by atoms with Gasteiger partial charge in [0.2, 0.25) is 5.91 Å². The average molecular weight is 241 g/mol. The largest absolute Gasteiger partial charge is 0.349 e. The molecule has 0 spiro atoms. The zero-order chi connectivity index (χ0) is 12.5. The maximum absolute atomic E-state index is 11.6. The Balaban J connectivity index is 2.00. The fourth-order valence-electron chi connectivity index (χ4n) is 3.13. The SMILES string of the molecule is CCCCC1=C[C@@H]2CC(=O)N[C@@H]2c2ccccc21. The van der Waals surface area contributed by atoms with Crippen molar-refractivity contribution in [2.75, 3.05) is 0 Å². The molecule has 2 atom stereocenters. The Morgan fingerprint density at radius 3 is 3.00 bits per heavy atom. The second-order valence-electron chi connectivity index (χ2n) is 5.30. The minimum absolute atomic E-state index is 0.188. The first-order valence-electron chi connectivity index (χ1n) is 6.89. The summed E-state index contributed by atoms with van der Waals surface area (Å²) < 4.78 is 0. The Labute approximate surface area is 108 Å². The van der Waals surface area contributed by atoms with Crippen LogP contribution in [0.4, 0.5) is 0 Å². The number of carbonyl (C=O) groups is 1. The van der Waals surface area contributed by atoms with Crippen LogP contribution < -0.4 is 5.32 Å². The molecule has 1 N–H and O–H groups in total. The van der Waals surface area contributed by atoms with Gasteiger partial charge in [0.1, 0.15) is 0 Å². The number of allylic oxidation sites excluding steroid dienone is 1. The predicted octanol–water partition coefficient (Wildman–Crippen LogP) is 3.45. The molecule has 1 aliphatic heterocycles. The van der Waals surface area contributed by atoms with E-state index in [2.05, 4.69) is 42.6 Å². The third kappa shape index (κ3) is 1.86. The van der Waals surface area contributed by atoms with Crippen molar-refractivity contribution in [3.8, 4) is 0 Å². The summed E-state index contributed by atoms with van der Waals surface area (Å²) in [5.74, 6) is 0.548. The molecule has 1 aromatic rings. The highest BCUT2D eigenvalue weighted by molar-refractivity contribution is 5.83. The maximum Gasteiger partial charge on any atom is 0.221 e. The van der Waals surface area contributed by atoms with Crippen molar-refractivity contribution in [2.24, 2.45) is 5.92 Å². The zero-order valence-corrected chi connectivity index (χ0v) is 10.8. The van der Waals surface area contributed by atoms with Gasteiger partial charge in [-0.3, -0.25) is 4.79 Å². The van der Waals surface area contributed by atoms with E-state index in [9.17, 15) is 4.79 Å². The van der Waals surface area contributed by atoms with Gasteiger partial charge >= 0.3 is 0 Å². The summed E-state index contributed by atoms with van der Waals surface area (Å²) in [5.41, 5.74) is 4.08. The molecule has 1 heterocycles. The Kier molecular flexibility index (Phi) is 2.94. The number of unbranched alkanes of at least 4 members (excludes halogenated alkanes) is 1. The average Bonchev–Trinajstić information content (AvgIpc) is 2.76. The number of carbonyl (C=O) groups excluding carboxylic acids is 1. The summed E-state index contributed by atoms with van der Waals surface area (Å²) in [5, 5.41) is 3.11. The molecular formula is C16H19NO. The summed E-state index contributed by atoms with van der Waals surface area (Å²) in [6.45, 7) is 2.22. The summed E-state index contributed by atoms with van der Waals surface area (Å²) in [6, 6.07) is 8.73. The van der Waals surface area contributed by atoms with Crippen LogP contribution in [0.2, 0.25) is 0 Å². The molecule has 3 rings (SSSR count). The smallest absolute Gasteiger partial charge is 0.221 e. The number of benzene rings is 1. The third-order valence-electron chi connectivity index (χ3n) is 4.02. The Morgan fingerprint density at radius 1 is 1.33 bits per heavy atom. The molecule has 2 nitrogen and oxygen atoms in total. The van der Waals surface area contributed by atoms with Gasteiger partial charge in [0.15, 0.2) is 0 Å². The molecule has 0 unspecified atom stereocenters. The van der Waals surface area contributed by atoms with Crippen LogP contribution in [0.1, 0.15) is 49.8 Å². The standard InChI is InChI=1S/C16H19NO/c1-2-3-6-11-9-12-10-15(18)17-16(12)14-8-5-4-7-13(11)14/h4-5,7-9,12,16H,2-3,6,10H2,1H3,(H,17,18)/t12-,16+/m1/s1. The highest BCUT2D eigenvalue weighted by Gasteiger charge is 2.36. The van der Waals surface area contributed by atoms with E-state index < -0.39 is 0 Å². The molecule has 1 saturated heterocycles. The monoisotopic (exact) mass is 241 g/mol. The van der Waals surface area contributed by atoms with Crippen LogP contribution in [0.15, 0.2) is 30.3 Å². The van der Waals surface area contributed by atoms with Crippen LogP contribution in [0.3, 0.4) is 0 Å². The van der Waals surface area contributed by atoms with Crippen molar-refractivity contribution < 1.29 is 4.79 Å². The van der Waals surface area contributed by atoms with Gasteiger partial charge in [-0.05, 0) is 29.5 Å². The van der Waals surface area contributed by atoms with Crippen molar-refractivity contribution in [3.63, 3.8) is 0 Å². The van der Waals surface area contributed by atoms with Crippen molar-refractivity contribution in [3.05, 3.63) is 41.5 Å². The van der Waals surface area contributed by atoms with E-state index >= 15 is 0 Å². The van der Waals surface area contributed by atoms with Crippen LogP contribution in [0, 0.1) is 5.92 Å². The van der Waals surface area contributed by atoms with E-state index in [1.54, 1.807) is 0 Å². The molecule has 0 aromatic heterocycles. The molecule has 1 aliphatic carbocycles. The number of amides is 1. The first-order chi connectivity index (χ1) is 8.79. The molecule has 0 saturated carbocycles. The lowest BCUT2D eigenvalue weighted by atomic mass is 9.80. The molecule has 1 amide bonds. The van der Waals surface area contributed by atoms with Crippen molar-refractivity contribution >= 4 is 11.5 Å². The Bertz CT molecular complexity index is 504. The van der Waals surface area contributed by atoms with Crippen LogP contribution in [0.5, 0.6) is 0 Å². The number of nitrogens with one attached hydrogen (secondary N) is 1. The van der Waals surface area contributed by atoms with Crippen molar-refractivity contribution in [1.29, 1.82) is 0 Å². The normalized spacial score (nSPS) is 25.2. The molecule has 18 heavy (non-hydrogen) atoms. The summed E-state index contributed by atoms with van der Waals surface area (Å²) in [7, 11) is 0. The minimum Gasteiger partial charge on any atom is -0.349 e. The number of fused-ring (bicyclic) bond motifs is 3. The van der Waals surface area contributed by atoms with Gasteiger partial charge in [0.25, 0.3) is 0 Å². The molecule has 1 fully saturated rings. The van der Waals surface area contributed by atoms with Gasteiger partial charge in [-0.1, -0.05) is 43.7 Å². The lowest BCUT2D eigenvalue weighted by molar-refractivity contribution is -0.119. The number of hydrogen-bond donors (Lipinski definition) is 1. The lowest BCUT2D eigenvalue weighted by Gasteiger charge is -2.27. The quantitative estimate of drug-likeness (QED) is 0.862. The van der Waals surface area contributed by atoms with Crippen LogP contribution >= 0.6 is 0 Å². The Morgan fingerprint density at radius 2 is 2.17 bits per heavy atom. The topological polar surface area (TPSA) is 29.1 Å². The third-order valence-corrected chi connectivity index (χ3v) is 4.02. The highest BCUT2D eigenvalue weighted by atomic mass is 16.2. The molecule has 94 valence electrons. The number of rotatable bonds is 3. The van der Waals surface area contributed by atoms with Gasteiger partial charge in [-0.2, -0.15) is 0 Å². The van der Waals surface area contributed by atoms with E-state index in [1.807, 2.05) is 0 Å². The maximum atomic E-state index is 11.6. The highest BCUT2D eigenvalue weighted by Crippen LogP contribution is 2.42. The Hall–Kier alpha value is -1.57. The van der Waals surface area contributed by atoms with Crippen molar-refractivity contribution in [1.82, 2.24) is 5.32 Å². The van der Waals surface area contributed by atoms with E-state index in [0.29, 0.717) is 12.3 Å². The fraction of sp³-hybridized carbons (Fsp3) is 0.438. The van der Waals surface area contributed by atoms with E-state index in [1.165, 1.54) is 29.5 Å². The van der Waals surface area contributed by atoms with Crippen LogP contribution in [0.25, 0.3) is 5.57 Å². The first kappa shape index (κ1) is 11.5. The molecule has 0 bridgehead atoms. The van der Waals surface area contributed by atoms with E-state index in [-0.39, 0.29) is 11.9 Å². The second kappa shape index (κ2) is 4.60. The van der Waals surface area contributed by atoms with E-state index in [0.717, 1.165) is 6.42 Å². The summed E-state index contributed by atoms with van der Waals surface area (Å²) in [6.07, 6.45) is 6.55. The van der Waals surface area contributed by atoms with E-state index in [4.69, 9.17) is 0 Å². The van der Waals surface area contributed by atoms with Crippen LogP contribution in [-0.4, -0.2) is 5.91 Å². The van der Waals surface area contributed by atoms with Crippen molar-refractivity contribution in [2.45, 2.75) is 38.6 Å². The molecule has 0 radical (unpaired) electrons. The summed E-state index contributed by atoms with van der Waals surface area (Å²) >= 11 is 0. The summed E-state index contributed by atoms with van der Waals surface area (Å²) in [4.78, 5) is 11.6. The van der Waals surface area contributed by atoms with Gasteiger partial charge < -0.3 is 5.32 Å². The zero-order valence-electron chi connectivity index (χ0n) is 10.8. The fourth-order valence-corrected chi connectivity index (χ4v) is 3.13. The molecule has 2 aliphatic rings. The van der Waals surface area contributed by atoms with Gasteiger partial charge in [0, 0.05) is 12.3 Å². The van der Waals surface area contributed by atoms with Gasteiger partial charge in [0.05, 0.1) is 6.04 Å². The number of hydrogen-bond acceptors (Lipinski definition) is 1. The van der Waals surface area contributed by atoms with Gasteiger partial charge in [-0.25, -0.2) is 0 Å². The molecule has 2 heteroatoms. The first-order valence-corrected chi connectivity index (χ1v) is 6.89. The van der Waals surface area contributed by atoms with Crippen LogP contribution in [-0.2, 0) is 4.79 Å². The predicted molar refractivity (Wildman–Crippen MR) is 72.9 cm³/mol. The minimum atomic E-state index is 0.188. The lowest BCUT2D eigenvalue weighted by Crippen LogP contribution is -2.23. The molecule has 1 aromatic carbocycles. The molecular weight excluding hydrogens is 222 g/mol. The van der Waals surface area contributed by atoms with Gasteiger partial charge in [-0.15, -0.1) is 0 Å². The second-order valence-corrected chi connectivity index (χ2v) is 5.30.